The molecule has 3 aliphatic carbocycles. The second-order valence-electron chi connectivity index (χ2n) is 9.85. The molecule has 3 aromatic rings. The molecular formula is C31H29NO6. The molecule has 7 heteroatoms. The summed E-state index contributed by atoms with van der Waals surface area (Å²) in [5, 5.41) is 13.6. The Morgan fingerprint density at radius 3 is 2.34 bits per heavy atom. The topological polar surface area (TPSA) is 102 Å². The molecule has 4 atom stereocenters. The number of fused-ring (bicyclic) bond motifs is 1. The van der Waals surface area contributed by atoms with Crippen LogP contribution in [0.15, 0.2) is 84.9 Å². The van der Waals surface area contributed by atoms with Gasteiger partial charge in [0.05, 0.1) is 12.5 Å². The second-order valence-corrected chi connectivity index (χ2v) is 9.85. The summed E-state index contributed by atoms with van der Waals surface area (Å²) in [5.41, 5.74) is 3.48. The van der Waals surface area contributed by atoms with Crippen molar-refractivity contribution in [1.82, 2.24) is 0 Å². The number of amides is 1. The van der Waals surface area contributed by atoms with Crippen LogP contribution in [0.2, 0.25) is 0 Å². The Kier molecular flexibility index (Phi) is 6.63. The fourth-order valence-corrected chi connectivity index (χ4v) is 5.93. The summed E-state index contributed by atoms with van der Waals surface area (Å²) >= 11 is 0. The molecule has 0 aliphatic heterocycles. The number of esters is 1. The van der Waals surface area contributed by atoms with Crippen molar-refractivity contribution < 1.29 is 29.0 Å². The lowest BCUT2D eigenvalue weighted by Gasteiger charge is -2.55. The lowest BCUT2D eigenvalue weighted by molar-refractivity contribution is -0.171. The highest BCUT2D eigenvalue weighted by molar-refractivity contribution is 5.98. The molecule has 4 unspecified atom stereocenters. The fraction of sp³-hybridized carbons (Fsp3) is 0.258. The Morgan fingerprint density at radius 2 is 1.63 bits per heavy atom. The van der Waals surface area contributed by atoms with Gasteiger partial charge in [-0.25, -0.2) is 4.79 Å². The zero-order chi connectivity index (χ0) is 27.0. The van der Waals surface area contributed by atoms with Crippen LogP contribution in [0, 0.1) is 18.8 Å². The monoisotopic (exact) mass is 511 g/mol. The van der Waals surface area contributed by atoms with E-state index in [-0.39, 0.29) is 18.8 Å². The van der Waals surface area contributed by atoms with Gasteiger partial charge >= 0.3 is 11.9 Å². The van der Waals surface area contributed by atoms with Crippen LogP contribution in [0.25, 0.3) is 0 Å². The van der Waals surface area contributed by atoms with Crippen LogP contribution in [0.5, 0.6) is 0 Å². The molecule has 0 saturated heterocycles. The number of carboxylic acid groups (broad SMARTS) is 1. The molecule has 2 bridgehead atoms. The normalized spacial score (nSPS) is 22.6. The minimum atomic E-state index is -1.47. The van der Waals surface area contributed by atoms with Crippen LogP contribution in [0.3, 0.4) is 0 Å². The smallest absolute Gasteiger partial charge is 0.333 e. The first kappa shape index (κ1) is 25.4. The van der Waals surface area contributed by atoms with Crippen molar-refractivity contribution in [2.45, 2.75) is 25.4 Å². The molecule has 0 radical (unpaired) electrons. The van der Waals surface area contributed by atoms with Crippen LogP contribution in [0.1, 0.15) is 40.7 Å². The lowest BCUT2D eigenvalue weighted by atomic mass is 9.51. The first-order valence-electron chi connectivity index (χ1n) is 12.5. The van der Waals surface area contributed by atoms with Gasteiger partial charge < -0.3 is 19.9 Å². The fourth-order valence-electron chi connectivity index (χ4n) is 5.93. The number of benzene rings is 3. The van der Waals surface area contributed by atoms with Gasteiger partial charge in [0.1, 0.15) is 18.1 Å². The van der Waals surface area contributed by atoms with Crippen LogP contribution < -0.4 is 5.32 Å². The zero-order valence-corrected chi connectivity index (χ0v) is 21.3. The number of nitrogens with one attached hydrogen (secondary N) is 1. The number of rotatable bonds is 8. The molecule has 7 nitrogen and oxygen atoms in total. The number of carbonyl (C=O) groups excluding carboxylic acids is 2. The summed E-state index contributed by atoms with van der Waals surface area (Å²) in [6.45, 7) is 6.92. The van der Waals surface area contributed by atoms with Crippen LogP contribution >= 0.6 is 0 Å². The number of carboxylic acids is 1. The maximum absolute atomic E-state index is 13.9. The third-order valence-electron chi connectivity index (χ3n) is 7.40. The van der Waals surface area contributed by atoms with Gasteiger partial charge in [-0.2, -0.15) is 0 Å². The average Bonchev–Trinajstić information content (AvgIpc) is 2.91. The molecule has 3 aromatic carbocycles. The third-order valence-corrected chi connectivity index (χ3v) is 7.40. The molecular weight excluding hydrogens is 482 g/mol. The molecule has 2 N–H and O–H groups in total. The standard InChI is InChI=1S/C31H29NO6/c1-18(2)30(36)37-15-16-38-31-23-12-8-7-11-21(23)25(22-14-13-19(3)17-24(22)31)26(27(31)29(34)35)28(33)32-20-9-5-4-6-10-20/h4-14,17,25-27H,1,15-16H2,2-3H3,(H,32,33)(H,34,35). The summed E-state index contributed by atoms with van der Waals surface area (Å²) in [4.78, 5) is 38.9. The highest BCUT2D eigenvalue weighted by Gasteiger charge is 2.64. The molecule has 0 saturated carbocycles. The highest BCUT2D eigenvalue weighted by Crippen LogP contribution is 2.62. The van der Waals surface area contributed by atoms with Gasteiger partial charge in [0.2, 0.25) is 5.91 Å². The van der Waals surface area contributed by atoms with E-state index in [1.807, 2.05) is 67.6 Å². The van der Waals surface area contributed by atoms with E-state index >= 15 is 0 Å². The van der Waals surface area contributed by atoms with E-state index < -0.39 is 41.2 Å². The number of hydrogen-bond acceptors (Lipinski definition) is 5. The average molecular weight is 512 g/mol. The number of ether oxygens (including phenoxy) is 2. The van der Waals surface area contributed by atoms with Gasteiger partial charge in [0.15, 0.2) is 0 Å². The Bertz CT molecular complexity index is 1430. The SMILES string of the molecule is C=C(C)C(=O)OCCOC12c3ccccc3C(c3ccc(C)cc31)C(C(=O)Nc1ccccc1)C2C(=O)O. The second kappa shape index (κ2) is 9.91. The van der Waals surface area contributed by atoms with Crippen LogP contribution in [-0.4, -0.2) is 36.2 Å². The Labute approximate surface area is 221 Å². The van der Waals surface area contributed by atoms with E-state index in [0.29, 0.717) is 11.3 Å². The predicted octanol–water partition coefficient (Wildman–Crippen LogP) is 4.79. The van der Waals surface area contributed by atoms with E-state index in [0.717, 1.165) is 22.3 Å². The number of anilines is 1. The molecule has 0 spiro atoms. The first-order valence-corrected chi connectivity index (χ1v) is 12.5. The van der Waals surface area contributed by atoms with Crippen molar-refractivity contribution in [3.8, 4) is 0 Å². The molecule has 0 fully saturated rings. The van der Waals surface area contributed by atoms with Crippen LogP contribution in [-0.2, 0) is 29.5 Å². The van der Waals surface area contributed by atoms with Gasteiger partial charge in [0.25, 0.3) is 0 Å². The van der Waals surface area contributed by atoms with Gasteiger partial charge in [-0.1, -0.05) is 72.8 Å². The van der Waals surface area contributed by atoms with E-state index in [4.69, 9.17) is 9.47 Å². The maximum atomic E-state index is 13.9. The van der Waals surface area contributed by atoms with E-state index in [1.165, 1.54) is 0 Å². The summed E-state index contributed by atoms with van der Waals surface area (Å²) in [6.07, 6.45) is 0. The number of aliphatic carboxylic acids is 1. The number of aryl methyl sites for hydroxylation is 1. The van der Waals surface area contributed by atoms with Gasteiger partial charge in [-0.05, 0) is 48.2 Å². The van der Waals surface area contributed by atoms with Crippen molar-refractivity contribution in [2.75, 3.05) is 18.5 Å². The lowest BCUT2D eigenvalue weighted by Crippen LogP contribution is -2.59. The molecule has 1 amide bonds. The summed E-state index contributed by atoms with van der Waals surface area (Å²) in [5.74, 6) is -4.73. The van der Waals surface area contributed by atoms with Crippen molar-refractivity contribution in [3.63, 3.8) is 0 Å². The summed E-state index contributed by atoms with van der Waals surface area (Å²) in [6, 6.07) is 22.4. The van der Waals surface area contributed by atoms with E-state index in [1.54, 1.807) is 19.1 Å². The minimum absolute atomic E-state index is 0.0673. The predicted molar refractivity (Wildman–Crippen MR) is 142 cm³/mol. The van der Waals surface area contributed by atoms with E-state index in [2.05, 4.69) is 11.9 Å². The Hall–Kier alpha value is -4.23. The van der Waals surface area contributed by atoms with Gasteiger partial charge in [-0.3, -0.25) is 9.59 Å². The Balaban J connectivity index is 1.65. The molecule has 3 aliphatic rings. The summed E-state index contributed by atoms with van der Waals surface area (Å²) in [7, 11) is 0. The molecule has 0 aromatic heterocycles. The third kappa shape index (κ3) is 4.09. The van der Waals surface area contributed by atoms with Crippen LogP contribution in [0.4, 0.5) is 5.69 Å². The molecule has 0 heterocycles. The molecule has 6 rings (SSSR count). The minimum Gasteiger partial charge on any atom is -0.481 e. The first-order chi connectivity index (χ1) is 18.3. The summed E-state index contributed by atoms with van der Waals surface area (Å²) < 4.78 is 11.8. The van der Waals surface area contributed by atoms with Crippen molar-refractivity contribution in [1.29, 1.82) is 0 Å². The van der Waals surface area contributed by atoms with Crippen molar-refractivity contribution in [2.24, 2.45) is 11.8 Å². The maximum Gasteiger partial charge on any atom is 0.333 e. The van der Waals surface area contributed by atoms with Gasteiger partial charge in [0, 0.05) is 17.2 Å². The zero-order valence-electron chi connectivity index (χ0n) is 21.3. The quantitative estimate of drug-likeness (QED) is 0.256. The van der Waals surface area contributed by atoms with E-state index in [9.17, 15) is 19.5 Å². The largest absolute Gasteiger partial charge is 0.481 e. The number of carbonyl (C=O) groups is 3. The van der Waals surface area contributed by atoms with Crippen molar-refractivity contribution >= 4 is 23.5 Å². The number of hydrogen-bond donors (Lipinski definition) is 2. The highest BCUT2D eigenvalue weighted by atomic mass is 16.6. The Morgan fingerprint density at radius 1 is 0.947 bits per heavy atom. The van der Waals surface area contributed by atoms with Gasteiger partial charge in [-0.15, -0.1) is 0 Å². The van der Waals surface area contributed by atoms with Crippen molar-refractivity contribution in [3.05, 3.63) is 113 Å². The molecule has 194 valence electrons. The molecule has 38 heavy (non-hydrogen) atoms. The number of para-hydroxylation sites is 1.